The van der Waals surface area contributed by atoms with Crippen LogP contribution in [0.2, 0.25) is 0 Å². The largest absolute Gasteiger partial charge is 0.481 e. The molecule has 1 N–H and O–H groups in total. The number of carbonyl (C=O) groups is 1. The van der Waals surface area contributed by atoms with Crippen molar-refractivity contribution in [1.82, 2.24) is 0 Å². The Labute approximate surface area is 106 Å². The van der Waals surface area contributed by atoms with Gasteiger partial charge >= 0.3 is 5.97 Å². The second kappa shape index (κ2) is 9.46. The van der Waals surface area contributed by atoms with E-state index in [1.54, 1.807) is 13.8 Å². The highest BCUT2D eigenvalue weighted by Gasteiger charge is 2.25. The molecule has 0 spiro atoms. The van der Waals surface area contributed by atoms with E-state index < -0.39 is 11.4 Å². The number of unbranched alkanes of at least 4 members (excludes halogenated alkanes) is 4. The lowest BCUT2D eigenvalue weighted by Crippen LogP contribution is -2.23. The predicted octanol–water partition coefficient (Wildman–Crippen LogP) is 3.86. The average Bonchev–Trinajstić information content (AvgIpc) is 2.26. The van der Waals surface area contributed by atoms with E-state index in [9.17, 15) is 4.79 Å². The molecule has 0 aliphatic rings. The van der Waals surface area contributed by atoms with Crippen molar-refractivity contribution in [3.8, 4) is 0 Å². The van der Waals surface area contributed by atoms with Crippen molar-refractivity contribution in [1.29, 1.82) is 0 Å². The summed E-state index contributed by atoms with van der Waals surface area (Å²) in [5.41, 5.74) is -0.621. The van der Waals surface area contributed by atoms with E-state index in [0.29, 0.717) is 13.0 Å². The van der Waals surface area contributed by atoms with Crippen LogP contribution in [0.3, 0.4) is 0 Å². The monoisotopic (exact) mass is 244 g/mol. The molecule has 0 aromatic heterocycles. The summed E-state index contributed by atoms with van der Waals surface area (Å²) in [4.78, 5) is 10.8. The maximum Gasteiger partial charge on any atom is 0.309 e. The van der Waals surface area contributed by atoms with Gasteiger partial charge < -0.3 is 9.84 Å². The Kier molecular flexibility index (Phi) is 9.14. The smallest absolute Gasteiger partial charge is 0.309 e. The van der Waals surface area contributed by atoms with Crippen molar-refractivity contribution < 1.29 is 14.6 Å². The third kappa shape index (κ3) is 9.16. The maximum atomic E-state index is 10.8. The molecule has 17 heavy (non-hydrogen) atoms. The van der Waals surface area contributed by atoms with Gasteiger partial charge in [-0.3, -0.25) is 4.79 Å². The van der Waals surface area contributed by atoms with Crippen molar-refractivity contribution in [2.75, 3.05) is 13.2 Å². The molecule has 0 atom stereocenters. The van der Waals surface area contributed by atoms with Crippen LogP contribution in [0.15, 0.2) is 0 Å². The van der Waals surface area contributed by atoms with Crippen LogP contribution < -0.4 is 0 Å². The summed E-state index contributed by atoms with van der Waals surface area (Å²) < 4.78 is 5.50. The number of ether oxygens (including phenoxy) is 1. The molecule has 0 rings (SSSR count). The number of carboxylic acids is 1. The third-order valence-electron chi connectivity index (χ3n) is 3.06. The fourth-order valence-corrected chi connectivity index (χ4v) is 1.63. The van der Waals surface area contributed by atoms with E-state index >= 15 is 0 Å². The highest BCUT2D eigenvalue weighted by molar-refractivity contribution is 5.73. The normalized spacial score (nSPS) is 11.7. The number of rotatable bonds is 11. The van der Waals surface area contributed by atoms with Crippen molar-refractivity contribution in [3.63, 3.8) is 0 Å². The highest BCUT2D eigenvalue weighted by Crippen LogP contribution is 2.22. The van der Waals surface area contributed by atoms with Crippen LogP contribution >= 0.6 is 0 Å². The zero-order chi connectivity index (χ0) is 13.1. The molecule has 0 unspecified atom stereocenters. The van der Waals surface area contributed by atoms with Crippen LogP contribution in [0.1, 0.15) is 65.7 Å². The Morgan fingerprint density at radius 2 is 1.65 bits per heavy atom. The molecule has 102 valence electrons. The first-order valence-electron chi connectivity index (χ1n) is 6.82. The lowest BCUT2D eigenvalue weighted by atomic mass is 9.88. The molecule has 0 heterocycles. The molecule has 3 nitrogen and oxygen atoms in total. The van der Waals surface area contributed by atoms with Gasteiger partial charge in [-0.05, 0) is 33.1 Å². The topological polar surface area (TPSA) is 46.5 Å². The second-order valence-corrected chi connectivity index (χ2v) is 5.32. The molecule has 0 aromatic carbocycles. The van der Waals surface area contributed by atoms with E-state index in [4.69, 9.17) is 9.84 Å². The van der Waals surface area contributed by atoms with E-state index in [2.05, 4.69) is 6.92 Å². The summed E-state index contributed by atoms with van der Waals surface area (Å²) in [5.74, 6) is -0.725. The van der Waals surface area contributed by atoms with Gasteiger partial charge in [-0.1, -0.05) is 32.6 Å². The predicted molar refractivity (Wildman–Crippen MR) is 70.2 cm³/mol. The van der Waals surface area contributed by atoms with Gasteiger partial charge in [-0.15, -0.1) is 0 Å². The van der Waals surface area contributed by atoms with Crippen LogP contribution in [0.4, 0.5) is 0 Å². The Hall–Kier alpha value is -0.570. The van der Waals surface area contributed by atoms with Crippen LogP contribution in [-0.4, -0.2) is 24.3 Å². The van der Waals surface area contributed by atoms with Gasteiger partial charge in [0.1, 0.15) is 0 Å². The zero-order valence-electron chi connectivity index (χ0n) is 11.6. The zero-order valence-corrected chi connectivity index (χ0v) is 11.6. The first-order chi connectivity index (χ1) is 8.00. The standard InChI is InChI=1S/C14H28O3/c1-4-5-6-7-8-11-17-12-9-10-14(2,3)13(15)16/h4-12H2,1-3H3,(H,15,16). The van der Waals surface area contributed by atoms with Gasteiger partial charge in [0.2, 0.25) is 0 Å². The molecule has 0 saturated heterocycles. The fourth-order valence-electron chi connectivity index (χ4n) is 1.63. The Morgan fingerprint density at radius 3 is 2.24 bits per heavy atom. The lowest BCUT2D eigenvalue weighted by Gasteiger charge is -2.18. The fraction of sp³-hybridized carbons (Fsp3) is 0.929. The van der Waals surface area contributed by atoms with Crippen molar-refractivity contribution in [2.24, 2.45) is 5.41 Å². The lowest BCUT2D eigenvalue weighted by molar-refractivity contribution is -0.147. The SMILES string of the molecule is CCCCCCCOCCCC(C)(C)C(=O)O. The molecule has 0 aromatic rings. The number of carboxylic acid groups (broad SMARTS) is 1. The minimum atomic E-state index is -0.725. The minimum absolute atomic E-state index is 0.621. The van der Waals surface area contributed by atoms with Crippen LogP contribution in [-0.2, 0) is 9.53 Å². The van der Waals surface area contributed by atoms with Gasteiger partial charge in [0.15, 0.2) is 0 Å². The number of aliphatic carboxylic acids is 1. The highest BCUT2D eigenvalue weighted by atomic mass is 16.5. The first kappa shape index (κ1) is 16.4. The van der Waals surface area contributed by atoms with Gasteiger partial charge in [-0.2, -0.15) is 0 Å². The van der Waals surface area contributed by atoms with E-state index in [1.165, 1.54) is 25.7 Å². The summed E-state index contributed by atoms with van der Waals surface area (Å²) in [6.45, 7) is 7.24. The molecule has 3 heteroatoms. The summed E-state index contributed by atoms with van der Waals surface area (Å²) >= 11 is 0. The van der Waals surface area contributed by atoms with E-state index in [0.717, 1.165) is 19.4 Å². The third-order valence-corrected chi connectivity index (χ3v) is 3.06. The minimum Gasteiger partial charge on any atom is -0.481 e. The van der Waals surface area contributed by atoms with Gasteiger partial charge in [0.05, 0.1) is 5.41 Å². The number of hydrogen-bond donors (Lipinski definition) is 1. The van der Waals surface area contributed by atoms with Crippen LogP contribution in [0.25, 0.3) is 0 Å². The van der Waals surface area contributed by atoms with Gasteiger partial charge in [0.25, 0.3) is 0 Å². The molecule has 0 bridgehead atoms. The van der Waals surface area contributed by atoms with Gasteiger partial charge in [0, 0.05) is 13.2 Å². The van der Waals surface area contributed by atoms with Crippen LogP contribution in [0, 0.1) is 5.41 Å². The van der Waals surface area contributed by atoms with Crippen molar-refractivity contribution in [3.05, 3.63) is 0 Å². The second-order valence-electron chi connectivity index (χ2n) is 5.32. The Morgan fingerprint density at radius 1 is 1.06 bits per heavy atom. The van der Waals surface area contributed by atoms with Gasteiger partial charge in [-0.25, -0.2) is 0 Å². The van der Waals surface area contributed by atoms with E-state index in [-0.39, 0.29) is 0 Å². The van der Waals surface area contributed by atoms with Crippen molar-refractivity contribution in [2.45, 2.75) is 65.7 Å². The first-order valence-corrected chi connectivity index (χ1v) is 6.82. The van der Waals surface area contributed by atoms with Crippen LogP contribution in [0.5, 0.6) is 0 Å². The molecule has 0 aliphatic heterocycles. The Bertz CT molecular complexity index is 200. The quantitative estimate of drug-likeness (QED) is 0.561. The molecule has 0 aliphatic carbocycles. The van der Waals surface area contributed by atoms with E-state index in [1.807, 2.05) is 0 Å². The maximum absolute atomic E-state index is 10.8. The summed E-state index contributed by atoms with van der Waals surface area (Å²) in [6.07, 6.45) is 7.76. The molecule has 0 fully saturated rings. The molecule has 0 radical (unpaired) electrons. The molecule has 0 amide bonds. The molecular formula is C14H28O3. The summed E-state index contributed by atoms with van der Waals surface area (Å²) in [6, 6.07) is 0. The average molecular weight is 244 g/mol. The summed E-state index contributed by atoms with van der Waals surface area (Å²) in [5, 5.41) is 8.92. The molecule has 0 saturated carbocycles. The Balaban J connectivity index is 3.27. The molecular weight excluding hydrogens is 216 g/mol. The van der Waals surface area contributed by atoms with Crippen molar-refractivity contribution >= 4 is 5.97 Å². The summed E-state index contributed by atoms with van der Waals surface area (Å²) in [7, 11) is 0. The number of hydrogen-bond acceptors (Lipinski definition) is 2.